The van der Waals surface area contributed by atoms with Gasteiger partial charge in [-0.05, 0) is 51.8 Å². The number of piperidine rings is 1. The molecule has 1 saturated heterocycles. The highest BCUT2D eigenvalue weighted by Gasteiger charge is 2.27. The summed E-state index contributed by atoms with van der Waals surface area (Å²) in [5.41, 5.74) is 1.15. The second kappa shape index (κ2) is 11.2. The number of nitrogens with one attached hydrogen (secondary N) is 2. The fraction of sp³-hybridized carbons (Fsp3) is 0.310. The zero-order valence-corrected chi connectivity index (χ0v) is 23.1. The number of fused-ring (bicyclic) bond motifs is 1. The predicted molar refractivity (Wildman–Crippen MR) is 152 cm³/mol. The number of amides is 2. The Kier molecular flexibility index (Phi) is 7.66. The van der Waals surface area contributed by atoms with Crippen molar-refractivity contribution < 1.29 is 23.1 Å². The molecule has 0 spiro atoms. The van der Waals surface area contributed by atoms with Gasteiger partial charge in [0.15, 0.2) is 0 Å². The first kappa shape index (κ1) is 27.4. The lowest BCUT2D eigenvalue weighted by atomic mass is 10.0. The van der Waals surface area contributed by atoms with Crippen LogP contribution >= 0.6 is 11.3 Å². The lowest BCUT2D eigenvalue weighted by molar-refractivity contribution is 0.0500. The van der Waals surface area contributed by atoms with E-state index >= 15 is 0 Å². The highest BCUT2D eigenvalue weighted by Crippen LogP contribution is 2.36. The lowest BCUT2D eigenvalue weighted by Crippen LogP contribution is -2.49. The minimum absolute atomic E-state index is 0.0323. The number of anilines is 2. The number of para-hydroxylation sites is 1. The Hall–Kier alpha value is -4.12. The highest BCUT2D eigenvalue weighted by molar-refractivity contribution is 7.13. The lowest BCUT2D eigenvalue weighted by Gasteiger charge is -2.36. The van der Waals surface area contributed by atoms with Crippen LogP contribution in [-0.4, -0.2) is 46.7 Å². The van der Waals surface area contributed by atoms with Crippen LogP contribution in [0.3, 0.4) is 0 Å². The van der Waals surface area contributed by atoms with Gasteiger partial charge in [-0.1, -0.05) is 24.3 Å². The number of carbonyl (C=O) groups excluding carboxylic acids is 2. The van der Waals surface area contributed by atoms with Gasteiger partial charge in [-0.25, -0.2) is 18.6 Å². The Bertz CT molecular complexity index is 1550. The number of rotatable bonds is 5. The summed E-state index contributed by atoms with van der Waals surface area (Å²) in [6.45, 7) is 6.65. The average Bonchev–Trinajstić information content (AvgIpc) is 3.37. The molecule has 1 aliphatic heterocycles. The van der Waals surface area contributed by atoms with Crippen LogP contribution in [-0.2, 0) is 4.74 Å². The second-order valence-electron chi connectivity index (χ2n) is 10.6. The Morgan fingerprint density at radius 3 is 2.60 bits per heavy atom. The molecule has 2 aromatic carbocycles. The normalized spacial score (nSPS) is 15.6. The van der Waals surface area contributed by atoms with E-state index in [4.69, 9.17) is 4.74 Å². The van der Waals surface area contributed by atoms with Crippen LogP contribution < -0.4 is 15.5 Å². The first-order chi connectivity index (χ1) is 19.1. The molecule has 5 rings (SSSR count). The number of hydrogen-bond acceptors (Lipinski definition) is 7. The average molecular weight is 566 g/mol. The SMILES string of the molecule is CC(C)(C)OC(=O)NC1CCCN(c2c(NC(=O)c3csc(-c4c(F)cccc4F)n3)cnc3ccccc23)C1. The molecule has 1 atom stereocenters. The third-order valence-corrected chi connectivity index (χ3v) is 7.23. The molecular formula is C29H29F2N5O3S. The highest BCUT2D eigenvalue weighted by atomic mass is 32.1. The molecule has 11 heteroatoms. The van der Waals surface area contributed by atoms with Crippen molar-refractivity contribution in [3.63, 3.8) is 0 Å². The van der Waals surface area contributed by atoms with E-state index in [9.17, 15) is 18.4 Å². The predicted octanol–water partition coefficient (Wildman–Crippen LogP) is 6.38. The van der Waals surface area contributed by atoms with E-state index in [1.165, 1.54) is 11.4 Å². The molecular weight excluding hydrogens is 536 g/mol. The fourth-order valence-corrected chi connectivity index (χ4v) is 5.56. The summed E-state index contributed by atoms with van der Waals surface area (Å²) in [4.78, 5) is 36.5. The minimum atomic E-state index is -0.748. The molecule has 2 amide bonds. The van der Waals surface area contributed by atoms with Crippen molar-refractivity contribution in [1.29, 1.82) is 0 Å². The minimum Gasteiger partial charge on any atom is -0.444 e. The fourth-order valence-electron chi connectivity index (χ4n) is 4.71. The number of ether oxygens (including phenoxy) is 1. The molecule has 0 aliphatic carbocycles. The van der Waals surface area contributed by atoms with Crippen molar-refractivity contribution in [2.75, 3.05) is 23.3 Å². The van der Waals surface area contributed by atoms with Gasteiger partial charge in [-0.15, -0.1) is 11.3 Å². The molecule has 40 heavy (non-hydrogen) atoms. The van der Waals surface area contributed by atoms with E-state index in [0.717, 1.165) is 52.9 Å². The van der Waals surface area contributed by atoms with Gasteiger partial charge in [-0.2, -0.15) is 0 Å². The molecule has 0 radical (unpaired) electrons. The van der Waals surface area contributed by atoms with Gasteiger partial charge >= 0.3 is 6.09 Å². The molecule has 2 aromatic heterocycles. The molecule has 1 fully saturated rings. The van der Waals surface area contributed by atoms with Crippen LogP contribution in [0.2, 0.25) is 0 Å². The third kappa shape index (κ3) is 6.04. The summed E-state index contributed by atoms with van der Waals surface area (Å²) in [5, 5.41) is 8.24. The number of thiazole rings is 1. The Labute approximate surface area is 234 Å². The number of halogens is 2. The van der Waals surface area contributed by atoms with Crippen molar-refractivity contribution in [1.82, 2.24) is 15.3 Å². The van der Waals surface area contributed by atoms with Gasteiger partial charge in [0.1, 0.15) is 27.9 Å². The van der Waals surface area contributed by atoms with Crippen LogP contribution in [0.4, 0.5) is 25.0 Å². The maximum atomic E-state index is 14.3. The van der Waals surface area contributed by atoms with Gasteiger partial charge in [0, 0.05) is 29.9 Å². The summed E-state index contributed by atoms with van der Waals surface area (Å²) >= 11 is 0.984. The van der Waals surface area contributed by atoms with E-state index in [-0.39, 0.29) is 22.3 Å². The van der Waals surface area contributed by atoms with Crippen molar-refractivity contribution >= 4 is 45.6 Å². The number of hydrogen-bond donors (Lipinski definition) is 2. The van der Waals surface area contributed by atoms with Gasteiger partial charge in [0.05, 0.1) is 28.7 Å². The molecule has 3 heterocycles. The topological polar surface area (TPSA) is 96.5 Å². The van der Waals surface area contributed by atoms with Crippen LogP contribution in [0.1, 0.15) is 44.1 Å². The van der Waals surface area contributed by atoms with Crippen molar-refractivity contribution in [3.8, 4) is 10.6 Å². The molecule has 8 nitrogen and oxygen atoms in total. The molecule has 0 saturated carbocycles. The van der Waals surface area contributed by atoms with Crippen LogP contribution in [0.25, 0.3) is 21.5 Å². The zero-order chi connectivity index (χ0) is 28.4. The molecule has 208 valence electrons. The van der Waals surface area contributed by atoms with Crippen molar-refractivity contribution in [3.05, 3.63) is 71.4 Å². The van der Waals surface area contributed by atoms with Crippen molar-refractivity contribution in [2.24, 2.45) is 0 Å². The van der Waals surface area contributed by atoms with E-state index in [1.54, 1.807) is 6.20 Å². The van der Waals surface area contributed by atoms with Crippen LogP contribution in [0.5, 0.6) is 0 Å². The van der Waals surface area contributed by atoms with Crippen LogP contribution in [0.15, 0.2) is 54.0 Å². The molecule has 2 N–H and O–H groups in total. The largest absolute Gasteiger partial charge is 0.444 e. The number of pyridine rings is 1. The zero-order valence-electron chi connectivity index (χ0n) is 22.3. The second-order valence-corrected chi connectivity index (χ2v) is 11.4. The Morgan fingerprint density at radius 2 is 1.85 bits per heavy atom. The van der Waals surface area contributed by atoms with Gasteiger partial charge < -0.3 is 20.3 Å². The first-order valence-electron chi connectivity index (χ1n) is 12.9. The number of nitrogens with zero attached hydrogens (tertiary/aromatic N) is 3. The number of benzene rings is 2. The molecule has 1 aliphatic rings. The van der Waals surface area contributed by atoms with Crippen molar-refractivity contribution in [2.45, 2.75) is 45.3 Å². The van der Waals surface area contributed by atoms with Gasteiger partial charge in [0.2, 0.25) is 0 Å². The molecule has 0 bridgehead atoms. The summed E-state index contributed by atoms with van der Waals surface area (Å²) in [5.74, 6) is -2.03. The van der Waals surface area contributed by atoms with E-state index in [2.05, 4.69) is 25.5 Å². The summed E-state index contributed by atoms with van der Waals surface area (Å²) in [7, 11) is 0. The number of carbonyl (C=O) groups is 2. The maximum Gasteiger partial charge on any atom is 0.407 e. The Morgan fingerprint density at radius 1 is 1.10 bits per heavy atom. The van der Waals surface area contributed by atoms with E-state index in [1.807, 2.05) is 45.0 Å². The van der Waals surface area contributed by atoms with Gasteiger partial charge in [-0.3, -0.25) is 9.78 Å². The molecule has 1 unspecified atom stereocenters. The summed E-state index contributed by atoms with van der Waals surface area (Å²) < 4.78 is 34.0. The first-order valence-corrected chi connectivity index (χ1v) is 13.8. The molecule has 4 aromatic rings. The summed E-state index contributed by atoms with van der Waals surface area (Å²) in [6.07, 6.45) is 2.71. The third-order valence-electron chi connectivity index (χ3n) is 6.37. The van der Waals surface area contributed by atoms with Crippen LogP contribution in [0, 0.1) is 11.6 Å². The number of aromatic nitrogens is 2. The number of alkyl carbamates (subject to hydrolysis) is 1. The maximum absolute atomic E-state index is 14.3. The van der Waals surface area contributed by atoms with E-state index < -0.39 is 29.2 Å². The monoisotopic (exact) mass is 565 g/mol. The van der Waals surface area contributed by atoms with Gasteiger partial charge in [0.25, 0.3) is 5.91 Å². The summed E-state index contributed by atoms with van der Waals surface area (Å²) in [6, 6.07) is 11.0. The Balaban J connectivity index is 1.42. The quantitative estimate of drug-likeness (QED) is 0.291. The standard InChI is InChI=1S/C29H29F2N5O3S/c1-29(2,3)39-28(38)33-17-8-7-13-36(15-17)25-18-9-4-5-12-21(18)32-14-22(25)34-26(37)23-16-40-27(35-23)24-19(30)10-6-11-20(24)31/h4-6,9-12,14,16-17H,7-8,13,15H2,1-3H3,(H,33,38)(H,34,37). The van der Waals surface area contributed by atoms with E-state index in [0.29, 0.717) is 18.8 Å². The smallest absolute Gasteiger partial charge is 0.407 e.